The number of carbonyl (C=O) groups excluding carboxylic acids is 1. The van der Waals surface area contributed by atoms with E-state index in [0.29, 0.717) is 0 Å². The molecule has 0 aliphatic heterocycles. The zero-order valence-corrected chi connectivity index (χ0v) is 12.0. The number of aryl methyl sites for hydroxylation is 1. The Kier molecular flexibility index (Phi) is 4.53. The monoisotopic (exact) mass is 273 g/mol. The molecule has 1 amide bonds. The van der Waals surface area contributed by atoms with Crippen LogP contribution in [-0.2, 0) is 17.9 Å². The summed E-state index contributed by atoms with van der Waals surface area (Å²) >= 11 is 0. The molecule has 0 bridgehead atoms. The van der Waals surface area contributed by atoms with E-state index in [4.69, 9.17) is 4.52 Å². The highest BCUT2D eigenvalue weighted by Gasteiger charge is 2.06. The molecule has 5 nitrogen and oxygen atoms in total. The van der Waals surface area contributed by atoms with Crippen molar-refractivity contribution < 1.29 is 9.32 Å². The minimum absolute atomic E-state index is 0.0590. The zero-order chi connectivity index (χ0) is 14.5. The highest BCUT2D eigenvalue weighted by molar-refractivity contribution is 5.88. The lowest BCUT2D eigenvalue weighted by atomic mass is 10.2. The molecular weight excluding hydrogens is 254 g/mol. The third-order valence-corrected chi connectivity index (χ3v) is 2.84. The number of hydrogen-bond acceptors (Lipinski definition) is 4. The van der Waals surface area contributed by atoms with Gasteiger partial charge >= 0.3 is 0 Å². The summed E-state index contributed by atoms with van der Waals surface area (Å²) in [5.41, 5.74) is 2.93. The van der Waals surface area contributed by atoms with E-state index in [0.717, 1.165) is 30.2 Å². The zero-order valence-electron chi connectivity index (χ0n) is 12.0. The number of hydrogen-bond donors (Lipinski definition) is 1. The summed E-state index contributed by atoms with van der Waals surface area (Å²) in [6.45, 7) is 4.94. The Bertz CT molecular complexity index is 575. The Balaban J connectivity index is 1.90. The molecule has 5 heteroatoms. The van der Waals surface area contributed by atoms with Crippen LogP contribution in [-0.4, -0.2) is 23.0 Å². The Morgan fingerprint density at radius 3 is 2.55 bits per heavy atom. The Morgan fingerprint density at radius 2 is 2.00 bits per heavy atom. The second-order valence-corrected chi connectivity index (χ2v) is 4.98. The van der Waals surface area contributed by atoms with E-state index in [1.54, 1.807) is 0 Å². The molecule has 2 rings (SSSR count). The van der Waals surface area contributed by atoms with Crippen molar-refractivity contribution in [3.63, 3.8) is 0 Å². The van der Waals surface area contributed by atoms with Gasteiger partial charge in [-0.25, -0.2) is 0 Å². The average molecular weight is 273 g/mol. The number of nitrogens with zero attached hydrogens (tertiary/aromatic N) is 2. The summed E-state index contributed by atoms with van der Waals surface area (Å²) in [7, 11) is 2.03. The third-order valence-electron chi connectivity index (χ3n) is 2.84. The Hall–Kier alpha value is -2.14. The predicted octanol–water partition coefficient (Wildman–Crippen LogP) is 2.57. The summed E-state index contributed by atoms with van der Waals surface area (Å²) in [4.78, 5) is 13.1. The molecule has 0 spiro atoms. The maximum absolute atomic E-state index is 10.9. The van der Waals surface area contributed by atoms with E-state index >= 15 is 0 Å². The van der Waals surface area contributed by atoms with Crippen LogP contribution in [0.4, 0.5) is 5.69 Å². The second-order valence-electron chi connectivity index (χ2n) is 4.98. The van der Waals surface area contributed by atoms with Gasteiger partial charge in [-0.2, -0.15) is 0 Å². The smallest absolute Gasteiger partial charge is 0.221 e. The highest BCUT2D eigenvalue weighted by atomic mass is 16.5. The molecule has 2 aromatic rings. The first-order valence-electron chi connectivity index (χ1n) is 6.50. The second kappa shape index (κ2) is 6.34. The van der Waals surface area contributed by atoms with Gasteiger partial charge in [-0.1, -0.05) is 17.3 Å². The quantitative estimate of drug-likeness (QED) is 0.909. The fourth-order valence-electron chi connectivity index (χ4n) is 2.03. The van der Waals surface area contributed by atoms with Crippen LogP contribution < -0.4 is 5.32 Å². The van der Waals surface area contributed by atoms with Crippen LogP contribution in [0.25, 0.3) is 0 Å². The van der Waals surface area contributed by atoms with E-state index in [1.807, 2.05) is 44.3 Å². The topological polar surface area (TPSA) is 58.4 Å². The molecule has 0 saturated carbocycles. The highest BCUT2D eigenvalue weighted by Crippen LogP contribution is 2.12. The number of aromatic nitrogens is 1. The molecular formula is C15H19N3O2. The standard InChI is InChI=1S/C15H19N3O2/c1-11-8-15(17-20-11)10-18(3)9-13-4-6-14(7-5-13)16-12(2)19/h4-8H,9-10H2,1-3H3,(H,16,19). The van der Waals surface area contributed by atoms with E-state index in [-0.39, 0.29) is 5.91 Å². The molecule has 1 heterocycles. The van der Waals surface area contributed by atoms with Crippen molar-refractivity contribution in [2.24, 2.45) is 0 Å². The van der Waals surface area contributed by atoms with Crippen molar-refractivity contribution >= 4 is 11.6 Å². The molecule has 1 aromatic carbocycles. The minimum atomic E-state index is -0.0590. The number of anilines is 1. The van der Waals surface area contributed by atoms with Gasteiger partial charge in [-0.15, -0.1) is 0 Å². The molecule has 20 heavy (non-hydrogen) atoms. The van der Waals surface area contributed by atoms with Crippen LogP contribution in [0.1, 0.15) is 23.9 Å². The van der Waals surface area contributed by atoms with E-state index in [2.05, 4.69) is 15.4 Å². The fraction of sp³-hybridized carbons (Fsp3) is 0.333. The van der Waals surface area contributed by atoms with Crippen LogP contribution in [0.2, 0.25) is 0 Å². The number of benzene rings is 1. The van der Waals surface area contributed by atoms with Crippen molar-refractivity contribution in [2.45, 2.75) is 26.9 Å². The molecule has 0 fully saturated rings. The van der Waals surface area contributed by atoms with Crippen LogP contribution in [0.15, 0.2) is 34.9 Å². The third kappa shape index (κ3) is 4.20. The van der Waals surface area contributed by atoms with Gasteiger partial charge < -0.3 is 9.84 Å². The first-order chi connectivity index (χ1) is 9.52. The summed E-state index contributed by atoms with van der Waals surface area (Å²) in [6.07, 6.45) is 0. The van der Waals surface area contributed by atoms with Gasteiger partial charge in [0.25, 0.3) is 0 Å². The molecule has 0 aliphatic rings. The lowest BCUT2D eigenvalue weighted by molar-refractivity contribution is -0.114. The van der Waals surface area contributed by atoms with Gasteiger partial charge in [0.2, 0.25) is 5.91 Å². The minimum Gasteiger partial charge on any atom is -0.361 e. The summed E-state index contributed by atoms with van der Waals surface area (Å²) in [5.74, 6) is 0.768. The molecule has 1 N–H and O–H groups in total. The van der Waals surface area contributed by atoms with Crippen LogP contribution in [0.3, 0.4) is 0 Å². The maximum atomic E-state index is 10.9. The average Bonchev–Trinajstić information content (AvgIpc) is 2.76. The first kappa shape index (κ1) is 14.3. The van der Waals surface area contributed by atoms with Gasteiger partial charge in [0.05, 0.1) is 5.69 Å². The van der Waals surface area contributed by atoms with Crippen molar-refractivity contribution in [3.8, 4) is 0 Å². The van der Waals surface area contributed by atoms with Crippen LogP contribution in [0, 0.1) is 6.92 Å². The molecule has 0 atom stereocenters. The van der Waals surface area contributed by atoms with Gasteiger partial charge in [0, 0.05) is 31.8 Å². The van der Waals surface area contributed by atoms with E-state index < -0.39 is 0 Å². The van der Waals surface area contributed by atoms with Crippen molar-refractivity contribution in [2.75, 3.05) is 12.4 Å². The SMILES string of the molecule is CC(=O)Nc1ccc(CN(C)Cc2cc(C)on2)cc1. The van der Waals surface area contributed by atoms with E-state index in [1.165, 1.54) is 12.5 Å². The lowest BCUT2D eigenvalue weighted by Crippen LogP contribution is -2.17. The summed E-state index contributed by atoms with van der Waals surface area (Å²) in [5, 5.41) is 6.73. The van der Waals surface area contributed by atoms with Gasteiger partial charge in [-0.3, -0.25) is 9.69 Å². The first-order valence-corrected chi connectivity index (χ1v) is 6.50. The van der Waals surface area contributed by atoms with Gasteiger partial charge in [-0.05, 0) is 31.7 Å². The number of amides is 1. The Labute approximate surface area is 118 Å². The Morgan fingerprint density at radius 1 is 1.30 bits per heavy atom. The molecule has 0 saturated heterocycles. The lowest BCUT2D eigenvalue weighted by Gasteiger charge is -2.15. The normalized spacial score (nSPS) is 10.8. The van der Waals surface area contributed by atoms with Crippen molar-refractivity contribution in [3.05, 3.63) is 47.3 Å². The number of carbonyl (C=O) groups is 1. The van der Waals surface area contributed by atoms with Crippen LogP contribution in [0.5, 0.6) is 0 Å². The summed E-state index contributed by atoms with van der Waals surface area (Å²) < 4.78 is 5.05. The fourth-order valence-corrected chi connectivity index (χ4v) is 2.03. The van der Waals surface area contributed by atoms with Crippen LogP contribution >= 0.6 is 0 Å². The van der Waals surface area contributed by atoms with Gasteiger partial charge in [0.15, 0.2) is 0 Å². The van der Waals surface area contributed by atoms with E-state index in [9.17, 15) is 4.79 Å². The number of nitrogens with one attached hydrogen (secondary N) is 1. The van der Waals surface area contributed by atoms with Gasteiger partial charge in [0.1, 0.15) is 5.76 Å². The predicted molar refractivity (Wildman–Crippen MR) is 77.2 cm³/mol. The maximum Gasteiger partial charge on any atom is 0.221 e. The molecule has 1 aromatic heterocycles. The molecule has 0 aliphatic carbocycles. The molecule has 0 unspecified atom stereocenters. The largest absolute Gasteiger partial charge is 0.361 e. The number of rotatable bonds is 5. The van der Waals surface area contributed by atoms with Crippen molar-refractivity contribution in [1.82, 2.24) is 10.1 Å². The van der Waals surface area contributed by atoms with Crippen molar-refractivity contribution in [1.29, 1.82) is 0 Å². The summed E-state index contributed by atoms with van der Waals surface area (Å²) in [6, 6.07) is 9.78. The molecule has 0 radical (unpaired) electrons. The molecule has 106 valence electrons.